The molecule has 1 N–H and O–H groups in total. The van der Waals surface area contributed by atoms with Gasteiger partial charge in [-0.25, -0.2) is 0 Å². The van der Waals surface area contributed by atoms with Crippen LogP contribution in [0.2, 0.25) is 0 Å². The Morgan fingerprint density at radius 2 is 2.50 bits per heavy atom. The molecule has 2 aliphatic rings. The zero-order valence-electron chi connectivity index (χ0n) is 8.70. The van der Waals surface area contributed by atoms with E-state index >= 15 is 0 Å². The van der Waals surface area contributed by atoms with Crippen LogP contribution in [0.25, 0.3) is 0 Å². The second-order valence-electron chi connectivity index (χ2n) is 4.37. The van der Waals surface area contributed by atoms with Crippen molar-refractivity contribution in [2.75, 3.05) is 6.61 Å². The first kappa shape index (κ1) is 10.5. The van der Waals surface area contributed by atoms with E-state index in [9.17, 15) is 0 Å². The molecule has 1 aliphatic carbocycles. The molecule has 0 radical (unpaired) electrons. The lowest BCUT2D eigenvalue weighted by atomic mass is 10.2. The number of ether oxygens (including phenoxy) is 1. The van der Waals surface area contributed by atoms with E-state index in [1.165, 1.54) is 25.7 Å². The molecule has 0 amide bonds. The molecule has 4 unspecified atom stereocenters. The highest BCUT2D eigenvalue weighted by atomic mass is 31.0. The lowest BCUT2D eigenvalue weighted by Crippen LogP contribution is -2.42. The molecule has 1 aliphatic heterocycles. The normalized spacial score (nSPS) is 39.1. The molecule has 0 spiro atoms. The standard InChI is InChI=1S/C10H19N2OP/c1-8(7-11-14)12-10-6-9(10)4-2-3-5-13-10/h7-9,12H,2-6,14H2,1H3. The SMILES string of the molecule is CC(C=NP)NC12CC1CCCCO2. The van der Waals surface area contributed by atoms with Crippen LogP contribution in [0.15, 0.2) is 4.76 Å². The Kier molecular flexibility index (Phi) is 3.20. The van der Waals surface area contributed by atoms with Crippen molar-refractivity contribution < 1.29 is 4.74 Å². The maximum absolute atomic E-state index is 5.90. The molecule has 3 nitrogen and oxygen atoms in total. The molecule has 0 aromatic carbocycles. The van der Waals surface area contributed by atoms with E-state index in [0.717, 1.165) is 12.5 Å². The summed E-state index contributed by atoms with van der Waals surface area (Å²) in [4.78, 5) is 0. The van der Waals surface area contributed by atoms with Gasteiger partial charge in [-0.2, -0.15) is 0 Å². The molecular weight excluding hydrogens is 195 g/mol. The maximum atomic E-state index is 5.90. The third-order valence-electron chi connectivity index (χ3n) is 3.14. The number of nitrogens with zero attached hydrogens (tertiary/aromatic N) is 1. The lowest BCUT2D eigenvalue weighted by Gasteiger charge is -2.21. The molecule has 0 aromatic heterocycles. The summed E-state index contributed by atoms with van der Waals surface area (Å²) >= 11 is 0. The largest absolute Gasteiger partial charge is 0.360 e. The minimum absolute atomic E-state index is 0.00176. The Hall–Kier alpha value is 0.0200. The van der Waals surface area contributed by atoms with Gasteiger partial charge in [0, 0.05) is 24.8 Å². The monoisotopic (exact) mass is 214 g/mol. The van der Waals surface area contributed by atoms with Gasteiger partial charge >= 0.3 is 0 Å². The van der Waals surface area contributed by atoms with E-state index < -0.39 is 0 Å². The molecule has 1 heterocycles. The topological polar surface area (TPSA) is 33.6 Å². The van der Waals surface area contributed by atoms with Crippen molar-refractivity contribution in [1.29, 1.82) is 0 Å². The third kappa shape index (κ3) is 2.16. The van der Waals surface area contributed by atoms with Crippen LogP contribution < -0.4 is 5.32 Å². The number of hydrogen-bond acceptors (Lipinski definition) is 3. The summed E-state index contributed by atoms with van der Waals surface area (Å²) in [6.07, 6.45) is 6.94. The van der Waals surface area contributed by atoms with Crippen LogP contribution in [-0.4, -0.2) is 24.6 Å². The van der Waals surface area contributed by atoms with Gasteiger partial charge in [0.25, 0.3) is 0 Å². The van der Waals surface area contributed by atoms with Crippen molar-refractivity contribution in [3.05, 3.63) is 0 Å². The maximum Gasteiger partial charge on any atom is 0.123 e. The number of hydrogen-bond donors (Lipinski definition) is 1. The van der Waals surface area contributed by atoms with Crippen LogP contribution in [0.4, 0.5) is 0 Å². The number of nitrogens with one attached hydrogen (secondary N) is 1. The Bertz CT molecular complexity index is 234. The van der Waals surface area contributed by atoms with Gasteiger partial charge in [-0.1, -0.05) is 6.42 Å². The van der Waals surface area contributed by atoms with E-state index in [-0.39, 0.29) is 5.72 Å². The molecule has 14 heavy (non-hydrogen) atoms. The van der Waals surface area contributed by atoms with Gasteiger partial charge in [-0.3, -0.25) is 10.1 Å². The first-order valence-corrected chi connectivity index (χ1v) is 5.93. The molecule has 4 atom stereocenters. The highest BCUT2D eigenvalue weighted by Gasteiger charge is 2.56. The zero-order chi connectivity index (χ0) is 10.0. The highest BCUT2D eigenvalue weighted by molar-refractivity contribution is 7.14. The van der Waals surface area contributed by atoms with Crippen LogP contribution in [0.1, 0.15) is 32.6 Å². The highest BCUT2D eigenvalue weighted by Crippen LogP contribution is 2.49. The summed E-state index contributed by atoms with van der Waals surface area (Å²) in [7, 11) is 2.36. The fourth-order valence-electron chi connectivity index (χ4n) is 2.34. The van der Waals surface area contributed by atoms with Gasteiger partial charge in [0.15, 0.2) is 0 Å². The molecule has 80 valence electrons. The minimum atomic E-state index is 0.00176. The summed E-state index contributed by atoms with van der Waals surface area (Å²) in [5.41, 5.74) is 0.00176. The first-order valence-electron chi connectivity index (χ1n) is 5.42. The summed E-state index contributed by atoms with van der Waals surface area (Å²) in [5.74, 6) is 0.741. The molecule has 4 heteroatoms. The molecule has 1 saturated heterocycles. The van der Waals surface area contributed by atoms with Gasteiger partial charge in [0.05, 0.1) is 0 Å². The van der Waals surface area contributed by atoms with Crippen molar-refractivity contribution in [1.82, 2.24) is 5.32 Å². The average Bonchev–Trinajstić information content (AvgIpc) is 2.78. The quantitative estimate of drug-likeness (QED) is 0.573. The first-order chi connectivity index (χ1) is 6.77. The second kappa shape index (κ2) is 4.26. The van der Waals surface area contributed by atoms with Crippen LogP contribution in [-0.2, 0) is 4.74 Å². The van der Waals surface area contributed by atoms with Crippen molar-refractivity contribution in [3.8, 4) is 0 Å². The van der Waals surface area contributed by atoms with Gasteiger partial charge < -0.3 is 4.74 Å². The third-order valence-corrected chi connectivity index (χ3v) is 3.31. The Morgan fingerprint density at radius 3 is 3.29 bits per heavy atom. The van der Waals surface area contributed by atoms with E-state index in [2.05, 4.69) is 26.4 Å². The van der Waals surface area contributed by atoms with Crippen LogP contribution in [0.3, 0.4) is 0 Å². The summed E-state index contributed by atoms with van der Waals surface area (Å²) in [5, 5.41) is 3.53. The van der Waals surface area contributed by atoms with E-state index in [4.69, 9.17) is 4.74 Å². The summed E-state index contributed by atoms with van der Waals surface area (Å²) < 4.78 is 9.85. The van der Waals surface area contributed by atoms with Crippen LogP contribution in [0.5, 0.6) is 0 Å². The Morgan fingerprint density at radius 1 is 1.64 bits per heavy atom. The van der Waals surface area contributed by atoms with Gasteiger partial charge in [0.2, 0.25) is 0 Å². The van der Waals surface area contributed by atoms with Crippen molar-refractivity contribution in [3.63, 3.8) is 0 Å². The second-order valence-corrected chi connectivity index (χ2v) is 4.66. The van der Waals surface area contributed by atoms with Crippen LogP contribution in [0, 0.1) is 5.92 Å². The molecular formula is C10H19N2OP. The molecule has 1 saturated carbocycles. The summed E-state index contributed by atoms with van der Waals surface area (Å²) in [6, 6.07) is 0.301. The Labute approximate surface area is 88.0 Å². The average molecular weight is 214 g/mol. The van der Waals surface area contributed by atoms with Gasteiger partial charge in [0.1, 0.15) is 5.72 Å². The lowest BCUT2D eigenvalue weighted by molar-refractivity contribution is 0.00110. The molecule has 2 rings (SSSR count). The molecule has 0 bridgehead atoms. The van der Waals surface area contributed by atoms with Crippen molar-refractivity contribution in [2.24, 2.45) is 10.7 Å². The van der Waals surface area contributed by atoms with E-state index in [0.29, 0.717) is 6.04 Å². The Balaban J connectivity index is 1.90. The summed E-state index contributed by atoms with van der Waals surface area (Å²) in [6.45, 7) is 3.03. The minimum Gasteiger partial charge on any atom is -0.360 e. The van der Waals surface area contributed by atoms with Crippen LogP contribution >= 0.6 is 9.39 Å². The molecule has 2 fully saturated rings. The number of fused-ring (bicyclic) bond motifs is 1. The van der Waals surface area contributed by atoms with Gasteiger partial charge in [-0.15, -0.1) is 0 Å². The smallest absolute Gasteiger partial charge is 0.123 e. The predicted molar refractivity (Wildman–Crippen MR) is 61.4 cm³/mol. The van der Waals surface area contributed by atoms with Crippen molar-refractivity contribution >= 4 is 15.6 Å². The predicted octanol–water partition coefficient (Wildman–Crippen LogP) is 1.74. The molecule has 0 aromatic rings. The van der Waals surface area contributed by atoms with E-state index in [1.807, 2.05) is 6.21 Å². The number of rotatable bonds is 3. The fourth-order valence-corrected chi connectivity index (χ4v) is 2.59. The fraction of sp³-hybridized carbons (Fsp3) is 0.900. The van der Waals surface area contributed by atoms with E-state index in [1.54, 1.807) is 0 Å². The zero-order valence-corrected chi connectivity index (χ0v) is 9.86. The van der Waals surface area contributed by atoms with Gasteiger partial charge in [-0.05, 0) is 35.6 Å². The van der Waals surface area contributed by atoms with Crippen molar-refractivity contribution in [2.45, 2.75) is 44.4 Å².